The molecule has 0 aromatic heterocycles. The van der Waals surface area contributed by atoms with Gasteiger partial charge in [-0.15, -0.1) is 0 Å². The second-order valence-electron chi connectivity index (χ2n) is 10.1. The molecule has 2 N–H and O–H groups in total. The van der Waals surface area contributed by atoms with Crippen LogP contribution in [0.4, 0.5) is 4.79 Å². The number of carbonyl (C=O) groups excluding carboxylic acids is 3. The number of carbonyl (C=O) groups is 3. The molecule has 2 amide bonds. The Morgan fingerprint density at radius 1 is 0.829 bits per heavy atom. The first-order chi connectivity index (χ1) is 19.9. The minimum Gasteiger partial charge on any atom is -0.460 e. The number of ether oxygens (including phenoxy) is 2. The number of hydrogen-bond acceptors (Lipinski definition) is 5. The third-order valence-electron chi connectivity index (χ3n) is 7.27. The quantitative estimate of drug-likeness (QED) is 0.201. The van der Waals surface area contributed by atoms with Crippen molar-refractivity contribution in [2.45, 2.75) is 31.3 Å². The van der Waals surface area contributed by atoms with Crippen LogP contribution in [0.1, 0.15) is 29.5 Å². The van der Waals surface area contributed by atoms with Crippen LogP contribution in [0.2, 0.25) is 0 Å². The molecule has 2 atom stereocenters. The van der Waals surface area contributed by atoms with Gasteiger partial charge in [-0.05, 0) is 45.5 Å². The fourth-order valence-electron chi connectivity index (χ4n) is 5.22. The predicted octanol–water partition coefficient (Wildman–Crippen LogP) is 5.52. The van der Waals surface area contributed by atoms with E-state index in [0.29, 0.717) is 0 Å². The molecular weight excluding hydrogens is 516 g/mol. The number of amides is 2. The summed E-state index contributed by atoms with van der Waals surface area (Å²) in [6.07, 6.45) is 0.980. The van der Waals surface area contributed by atoms with Gasteiger partial charge in [-0.2, -0.15) is 0 Å². The number of rotatable bonds is 10. The van der Waals surface area contributed by atoms with Crippen molar-refractivity contribution in [2.75, 3.05) is 13.2 Å². The zero-order valence-corrected chi connectivity index (χ0v) is 22.8. The molecule has 0 bridgehead atoms. The number of benzene rings is 4. The Morgan fingerprint density at radius 2 is 1.46 bits per heavy atom. The molecule has 5 rings (SSSR count). The Bertz CT molecular complexity index is 1550. The number of hydrogen-bond donors (Lipinski definition) is 2. The molecule has 0 aliphatic heterocycles. The molecule has 0 saturated heterocycles. The third kappa shape index (κ3) is 6.30. The Labute approximate surface area is 239 Å². The lowest BCUT2D eigenvalue weighted by Gasteiger charge is -2.21. The number of fused-ring (bicyclic) bond motifs is 4. The number of esters is 1. The van der Waals surface area contributed by atoms with Gasteiger partial charge in [0.15, 0.2) is 0 Å². The predicted molar refractivity (Wildman–Crippen MR) is 158 cm³/mol. The van der Waals surface area contributed by atoms with Crippen LogP contribution in [-0.4, -0.2) is 43.3 Å². The van der Waals surface area contributed by atoms with Crippen molar-refractivity contribution in [1.82, 2.24) is 10.6 Å². The van der Waals surface area contributed by atoms with E-state index in [0.717, 1.165) is 38.6 Å². The Kier molecular flexibility index (Phi) is 8.44. The molecule has 4 aromatic rings. The van der Waals surface area contributed by atoms with Gasteiger partial charge in [0.1, 0.15) is 25.3 Å². The number of nitrogens with one attached hydrogen (secondary N) is 2. The summed E-state index contributed by atoms with van der Waals surface area (Å²) < 4.78 is 10.8. The maximum absolute atomic E-state index is 13.0. The second kappa shape index (κ2) is 12.5. The van der Waals surface area contributed by atoms with Gasteiger partial charge in [-0.3, -0.25) is 4.79 Å². The maximum Gasteiger partial charge on any atom is 0.407 e. The van der Waals surface area contributed by atoms with Gasteiger partial charge in [0, 0.05) is 12.3 Å². The molecule has 7 heteroatoms. The van der Waals surface area contributed by atoms with E-state index in [2.05, 4.69) is 29.3 Å². The van der Waals surface area contributed by atoms with Crippen LogP contribution < -0.4 is 10.6 Å². The Balaban J connectivity index is 1.21. The smallest absolute Gasteiger partial charge is 0.407 e. The largest absolute Gasteiger partial charge is 0.460 e. The minimum atomic E-state index is -0.949. The summed E-state index contributed by atoms with van der Waals surface area (Å²) in [6, 6.07) is 28.0. The van der Waals surface area contributed by atoms with E-state index >= 15 is 0 Å². The molecule has 0 unspecified atom stereocenters. The van der Waals surface area contributed by atoms with Gasteiger partial charge < -0.3 is 20.1 Å². The standard InChI is InChI=1S/C34H32N2O5/c1-3-18-40-33(38)31(20-23-16-17-24-10-4-5-11-25(24)19-23)36-32(37)22(2)35-34(39)41-21-30-28-14-8-6-12-26(28)27-13-7-9-15-29(27)30/h3-17,19,22,30-31H,1,18,20-21H2,2H3,(H,35,39)(H,36,37)/t22-,31-/m0/s1. The highest BCUT2D eigenvalue weighted by Gasteiger charge is 2.30. The highest BCUT2D eigenvalue weighted by molar-refractivity contribution is 5.90. The van der Waals surface area contributed by atoms with E-state index in [1.807, 2.05) is 78.9 Å². The molecule has 0 spiro atoms. The van der Waals surface area contributed by atoms with Crippen molar-refractivity contribution in [3.63, 3.8) is 0 Å². The minimum absolute atomic E-state index is 0.0243. The van der Waals surface area contributed by atoms with Crippen LogP contribution in [0, 0.1) is 0 Å². The van der Waals surface area contributed by atoms with Gasteiger partial charge in [0.2, 0.25) is 5.91 Å². The topological polar surface area (TPSA) is 93.7 Å². The van der Waals surface area contributed by atoms with Crippen molar-refractivity contribution >= 4 is 28.7 Å². The van der Waals surface area contributed by atoms with Gasteiger partial charge in [0.25, 0.3) is 0 Å². The molecule has 4 aromatic carbocycles. The summed E-state index contributed by atoms with van der Waals surface area (Å²) in [5.41, 5.74) is 5.32. The first-order valence-corrected chi connectivity index (χ1v) is 13.6. The summed E-state index contributed by atoms with van der Waals surface area (Å²) in [5.74, 6) is -1.21. The fraction of sp³-hybridized carbons (Fsp3) is 0.206. The van der Waals surface area contributed by atoms with E-state index < -0.39 is 30.1 Å². The van der Waals surface area contributed by atoms with Gasteiger partial charge in [-0.1, -0.05) is 104 Å². The first kappa shape index (κ1) is 27.6. The van der Waals surface area contributed by atoms with E-state index in [1.54, 1.807) is 6.92 Å². The molecular formula is C34H32N2O5. The molecule has 0 radical (unpaired) electrons. The Hall–Kier alpha value is -4.91. The molecule has 41 heavy (non-hydrogen) atoms. The van der Waals surface area contributed by atoms with Crippen LogP contribution in [-0.2, 0) is 25.5 Å². The molecule has 1 aliphatic carbocycles. The lowest BCUT2D eigenvalue weighted by molar-refractivity contribution is -0.146. The lowest BCUT2D eigenvalue weighted by atomic mass is 9.98. The summed E-state index contributed by atoms with van der Waals surface area (Å²) in [5, 5.41) is 7.42. The van der Waals surface area contributed by atoms with Gasteiger partial charge >= 0.3 is 12.1 Å². The SMILES string of the molecule is C=CCOC(=O)[C@H](Cc1ccc2ccccc2c1)NC(=O)[C@H](C)NC(=O)OCC1c2ccccc2-c2ccccc21. The van der Waals surface area contributed by atoms with Gasteiger partial charge in [0.05, 0.1) is 0 Å². The molecule has 208 valence electrons. The van der Waals surface area contributed by atoms with Crippen molar-refractivity contribution < 1.29 is 23.9 Å². The van der Waals surface area contributed by atoms with Crippen LogP contribution >= 0.6 is 0 Å². The molecule has 7 nitrogen and oxygen atoms in total. The van der Waals surface area contributed by atoms with Crippen LogP contribution in [0.5, 0.6) is 0 Å². The van der Waals surface area contributed by atoms with E-state index in [-0.39, 0.29) is 25.6 Å². The van der Waals surface area contributed by atoms with Crippen LogP contribution in [0.25, 0.3) is 21.9 Å². The van der Waals surface area contributed by atoms with Crippen molar-refractivity contribution in [2.24, 2.45) is 0 Å². The molecule has 0 saturated carbocycles. The maximum atomic E-state index is 13.0. The van der Waals surface area contributed by atoms with E-state index in [9.17, 15) is 14.4 Å². The fourth-order valence-corrected chi connectivity index (χ4v) is 5.22. The zero-order chi connectivity index (χ0) is 28.8. The summed E-state index contributed by atoms with van der Waals surface area (Å²) in [4.78, 5) is 38.6. The average Bonchev–Trinajstić information content (AvgIpc) is 3.31. The highest BCUT2D eigenvalue weighted by Crippen LogP contribution is 2.44. The van der Waals surface area contributed by atoms with Crippen molar-refractivity contribution in [3.05, 3.63) is 120 Å². The normalized spacial score (nSPS) is 13.4. The van der Waals surface area contributed by atoms with E-state index in [4.69, 9.17) is 9.47 Å². The van der Waals surface area contributed by atoms with Crippen molar-refractivity contribution in [1.29, 1.82) is 0 Å². The summed E-state index contributed by atoms with van der Waals surface area (Å²) in [6.45, 7) is 5.27. The molecule has 1 aliphatic rings. The highest BCUT2D eigenvalue weighted by atomic mass is 16.5. The van der Waals surface area contributed by atoms with Gasteiger partial charge in [-0.25, -0.2) is 9.59 Å². The summed E-state index contributed by atoms with van der Waals surface area (Å²) in [7, 11) is 0. The monoisotopic (exact) mass is 548 g/mol. The zero-order valence-electron chi connectivity index (χ0n) is 22.8. The van der Waals surface area contributed by atoms with Crippen LogP contribution in [0.3, 0.4) is 0 Å². The first-order valence-electron chi connectivity index (χ1n) is 13.6. The lowest BCUT2D eigenvalue weighted by Crippen LogP contribution is -2.51. The number of alkyl carbamates (subject to hydrolysis) is 1. The summed E-state index contributed by atoms with van der Waals surface area (Å²) >= 11 is 0. The van der Waals surface area contributed by atoms with Crippen LogP contribution in [0.15, 0.2) is 104 Å². The second-order valence-corrected chi connectivity index (χ2v) is 10.1. The third-order valence-corrected chi connectivity index (χ3v) is 7.27. The molecule has 0 heterocycles. The van der Waals surface area contributed by atoms with Crippen molar-refractivity contribution in [3.8, 4) is 11.1 Å². The average molecular weight is 549 g/mol. The molecule has 0 fully saturated rings. The van der Waals surface area contributed by atoms with E-state index in [1.165, 1.54) is 6.08 Å². The Morgan fingerprint density at radius 3 is 2.15 bits per heavy atom.